The summed E-state index contributed by atoms with van der Waals surface area (Å²) in [7, 11) is 0. The highest BCUT2D eigenvalue weighted by Crippen LogP contribution is 2.24. The first-order chi connectivity index (χ1) is 18.4. The molecule has 3 aromatic carbocycles. The van der Waals surface area contributed by atoms with Gasteiger partial charge >= 0.3 is 0 Å². The average Bonchev–Trinajstić information content (AvgIpc) is 3.42. The fourth-order valence-electron chi connectivity index (χ4n) is 4.25. The predicted molar refractivity (Wildman–Crippen MR) is 148 cm³/mol. The lowest BCUT2D eigenvalue weighted by atomic mass is 10.1. The zero-order valence-electron chi connectivity index (χ0n) is 20.4. The predicted octanol–water partition coefficient (Wildman–Crippen LogP) is 6.35. The van der Waals surface area contributed by atoms with Crippen molar-refractivity contribution in [1.29, 1.82) is 0 Å². The van der Waals surface area contributed by atoms with E-state index < -0.39 is 0 Å². The van der Waals surface area contributed by atoms with Crippen LogP contribution in [0.2, 0.25) is 5.02 Å². The van der Waals surface area contributed by atoms with E-state index in [0.717, 1.165) is 24.3 Å². The van der Waals surface area contributed by atoms with Crippen molar-refractivity contribution in [1.82, 2.24) is 4.90 Å². The van der Waals surface area contributed by atoms with Gasteiger partial charge in [-0.2, -0.15) is 0 Å². The monoisotopic (exact) mass is 529 g/mol. The number of carbonyl (C=O) groups is 2. The standard InChI is InChI=1S/C30H25ClFN3O3/c31-23-5-1-22(2-6-23)30(37)35-19-17-34(18-20-35)26-11-9-25(10-12-26)33-29(36)16-14-27-13-15-28(38-27)21-3-7-24(32)8-4-21/h1-16H,17-20H2,(H,33,36)/b16-14+. The van der Waals surface area contributed by atoms with Crippen LogP contribution in [0.5, 0.6) is 0 Å². The maximum atomic E-state index is 13.1. The molecule has 0 atom stereocenters. The number of halogens is 2. The summed E-state index contributed by atoms with van der Waals surface area (Å²) in [6.07, 6.45) is 2.99. The second-order valence-corrected chi connectivity index (χ2v) is 9.30. The van der Waals surface area contributed by atoms with Crippen LogP contribution in [0, 0.1) is 5.82 Å². The van der Waals surface area contributed by atoms with Gasteiger partial charge in [0.2, 0.25) is 5.91 Å². The summed E-state index contributed by atoms with van der Waals surface area (Å²) in [4.78, 5) is 29.2. The molecular formula is C30H25ClFN3O3. The maximum absolute atomic E-state index is 13.1. The Bertz CT molecular complexity index is 1440. The van der Waals surface area contributed by atoms with Crippen LogP contribution in [0.3, 0.4) is 0 Å². The number of anilines is 2. The molecule has 192 valence electrons. The summed E-state index contributed by atoms with van der Waals surface area (Å²) in [6.45, 7) is 2.69. The summed E-state index contributed by atoms with van der Waals surface area (Å²) in [5, 5.41) is 3.45. The van der Waals surface area contributed by atoms with E-state index in [-0.39, 0.29) is 17.6 Å². The molecular weight excluding hydrogens is 505 g/mol. The van der Waals surface area contributed by atoms with Crippen molar-refractivity contribution in [3.05, 3.63) is 113 Å². The molecule has 1 aromatic heterocycles. The van der Waals surface area contributed by atoms with E-state index in [4.69, 9.17) is 16.0 Å². The Morgan fingerprint density at radius 3 is 2.21 bits per heavy atom. The number of nitrogens with zero attached hydrogens (tertiary/aromatic N) is 2. The first kappa shape index (κ1) is 25.3. The van der Waals surface area contributed by atoms with E-state index in [1.165, 1.54) is 18.2 Å². The van der Waals surface area contributed by atoms with Gasteiger partial charge in [-0.05, 0) is 91.0 Å². The largest absolute Gasteiger partial charge is 0.457 e. The number of amides is 2. The van der Waals surface area contributed by atoms with E-state index >= 15 is 0 Å². The Balaban J connectivity index is 1.12. The topological polar surface area (TPSA) is 65.8 Å². The third-order valence-corrected chi connectivity index (χ3v) is 6.56. The third-order valence-electron chi connectivity index (χ3n) is 6.31. The molecule has 6 nitrogen and oxygen atoms in total. The van der Waals surface area contributed by atoms with E-state index in [0.29, 0.717) is 40.9 Å². The van der Waals surface area contributed by atoms with Crippen molar-refractivity contribution in [3.63, 3.8) is 0 Å². The van der Waals surface area contributed by atoms with Crippen LogP contribution in [0.1, 0.15) is 16.1 Å². The number of carbonyl (C=O) groups excluding carboxylic acids is 2. The van der Waals surface area contributed by atoms with Crippen molar-refractivity contribution in [2.24, 2.45) is 0 Å². The lowest BCUT2D eigenvalue weighted by Crippen LogP contribution is -2.48. The summed E-state index contributed by atoms with van der Waals surface area (Å²) < 4.78 is 18.8. The first-order valence-corrected chi connectivity index (χ1v) is 12.6. The Hall–Kier alpha value is -4.36. The molecule has 1 fully saturated rings. The second-order valence-electron chi connectivity index (χ2n) is 8.86. The van der Waals surface area contributed by atoms with Crippen LogP contribution in [-0.2, 0) is 4.79 Å². The van der Waals surface area contributed by atoms with Gasteiger partial charge in [-0.25, -0.2) is 4.39 Å². The molecule has 1 aliphatic rings. The van der Waals surface area contributed by atoms with Crippen molar-refractivity contribution in [3.8, 4) is 11.3 Å². The molecule has 1 aliphatic heterocycles. The van der Waals surface area contributed by atoms with Crippen LogP contribution in [0.25, 0.3) is 17.4 Å². The highest BCUT2D eigenvalue weighted by atomic mass is 35.5. The number of benzene rings is 3. The highest BCUT2D eigenvalue weighted by Gasteiger charge is 2.22. The molecule has 38 heavy (non-hydrogen) atoms. The van der Waals surface area contributed by atoms with E-state index in [1.807, 2.05) is 29.2 Å². The zero-order valence-corrected chi connectivity index (χ0v) is 21.2. The minimum Gasteiger partial charge on any atom is -0.457 e. The molecule has 2 amide bonds. The fraction of sp³-hybridized carbons (Fsp3) is 0.133. The van der Waals surface area contributed by atoms with E-state index in [9.17, 15) is 14.0 Å². The lowest BCUT2D eigenvalue weighted by molar-refractivity contribution is -0.111. The van der Waals surface area contributed by atoms with E-state index in [2.05, 4.69) is 10.2 Å². The molecule has 1 saturated heterocycles. The normalized spacial score (nSPS) is 13.6. The summed E-state index contributed by atoms with van der Waals surface area (Å²) >= 11 is 5.92. The molecule has 0 aliphatic carbocycles. The Kier molecular flexibility index (Phi) is 7.56. The van der Waals surface area contributed by atoms with Gasteiger partial charge in [-0.1, -0.05) is 11.6 Å². The number of hydrogen-bond donors (Lipinski definition) is 1. The quantitative estimate of drug-likeness (QED) is 0.295. The van der Waals surface area contributed by atoms with Gasteiger partial charge in [0.1, 0.15) is 17.3 Å². The molecule has 5 rings (SSSR count). The SMILES string of the molecule is O=C(/C=C/c1ccc(-c2ccc(F)cc2)o1)Nc1ccc(N2CCN(C(=O)c3ccc(Cl)cc3)CC2)cc1. The minimum absolute atomic E-state index is 0.00802. The van der Waals surface area contributed by atoms with Crippen LogP contribution in [0.4, 0.5) is 15.8 Å². The lowest BCUT2D eigenvalue weighted by Gasteiger charge is -2.36. The van der Waals surface area contributed by atoms with E-state index in [1.54, 1.807) is 54.6 Å². The molecule has 0 unspecified atom stereocenters. The molecule has 4 aromatic rings. The van der Waals surface area contributed by atoms with Gasteiger partial charge in [0.15, 0.2) is 0 Å². The summed E-state index contributed by atoms with van der Waals surface area (Å²) in [5.74, 6) is 0.522. The van der Waals surface area contributed by atoms with Crippen molar-refractivity contribution in [2.75, 3.05) is 36.4 Å². The highest BCUT2D eigenvalue weighted by molar-refractivity contribution is 6.30. The number of rotatable bonds is 6. The van der Waals surface area contributed by atoms with Crippen LogP contribution >= 0.6 is 11.6 Å². The van der Waals surface area contributed by atoms with Gasteiger partial charge in [0, 0.05) is 59.8 Å². The van der Waals surface area contributed by atoms with Gasteiger partial charge in [-0.15, -0.1) is 0 Å². The molecule has 2 heterocycles. The number of piperazine rings is 1. The Labute approximate surface area is 224 Å². The van der Waals surface area contributed by atoms with Gasteiger partial charge in [-0.3, -0.25) is 9.59 Å². The third kappa shape index (κ3) is 6.12. The smallest absolute Gasteiger partial charge is 0.253 e. The molecule has 0 radical (unpaired) electrons. The van der Waals surface area contributed by atoms with Crippen molar-refractivity contribution >= 4 is 40.9 Å². The minimum atomic E-state index is -0.311. The summed E-state index contributed by atoms with van der Waals surface area (Å²) in [6, 6.07) is 24.1. The van der Waals surface area contributed by atoms with Crippen molar-refractivity contribution < 1.29 is 18.4 Å². The van der Waals surface area contributed by atoms with Crippen LogP contribution in [0.15, 0.2) is 95.4 Å². The summed E-state index contributed by atoms with van der Waals surface area (Å²) in [5.41, 5.74) is 3.09. The van der Waals surface area contributed by atoms with Gasteiger partial charge in [0.25, 0.3) is 5.91 Å². The fourth-order valence-corrected chi connectivity index (χ4v) is 4.38. The molecule has 0 spiro atoms. The number of nitrogens with one attached hydrogen (secondary N) is 1. The van der Waals surface area contributed by atoms with Crippen molar-refractivity contribution in [2.45, 2.75) is 0 Å². The first-order valence-electron chi connectivity index (χ1n) is 12.2. The molecule has 8 heteroatoms. The second kappa shape index (κ2) is 11.4. The molecule has 1 N–H and O–H groups in total. The Morgan fingerprint density at radius 2 is 1.53 bits per heavy atom. The van der Waals surface area contributed by atoms with Gasteiger partial charge in [0.05, 0.1) is 0 Å². The zero-order chi connectivity index (χ0) is 26.5. The number of furan rings is 1. The van der Waals surface area contributed by atoms with Crippen LogP contribution < -0.4 is 10.2 Å². The maximum Gasteiger partial charge on any atom is 0.253 e. The molecule has 0 bridgehead atoms. The number of hydrogen-bond acceptors (Lipinski definition) is 4. The Morgan fingerprint density at radius 1 is 0.842 bits per heavy atom. The molecule has 0 saturated carbocycles. The van der Waals surface area contributed by atoms with Crippen LogP contribution in [-0.4, -0.2) is 42.9 Å². The average molecular weight is 530 g/mol. The van der Waals surface area contributed by atoms with Gasteiger partial charge < -0.3 is 19.5 Å².